The lowest BCUT2D eigenvalue weighted by molar-refractivity contribution is 0.355. The summed E-state index contributed by atoms with van der Waals surface area (Å²) in [5, 5.41) is 0. The van der Waals surface area contributed by atoms with Crippen LogP contribution in [0.1, 0.15) is 6.92 Å². The number of para-hydroxylation sites is 6. The summed E-state index contributed by atoms with van der Waals surface area (Å²) >= 11 is 0. The highest BCUT2D eigenvalue weighted by atomic mass is 15.2. The van der Waals surface area contributed by atoms with Crippen LogP contribution in [0.3, 0.4) is 0 Å². The van der Waals surface area contributed by atoms with Gasteiger partial charge in [0.1, 0.15) is 0 Å². The molecule has 0 aliphatic heterocycles. The average Bonchev–Trinajstić information content (AvgIpc) is 3.11. The molecule has 0 fully saturated rings. The summed E-state index contributed by atoms with van der Waals surface area (Å²) in [6.45, 7) is 4.83. The lowest BCUT2D eigenvalue weighted by Gasteiger charge is -2.44. The van der Waals surface area contributed by atoms with Crippen molar-refractivity contribution >= 4 is 34.1 Å². The van der Waals surface area contributed by atoms with Gasteiger partial charge in [-0.05, 0) is 72.8 Å². The van der Waals surface area contributed by atoms with Crippen molar-refractivity contribution < 1.29 is 0 Å². The van der Waals surface area contributed by atoms with Crippen LogP contribution in [0, 0.1) is 5.41 Å². The van der Waals surface area contributed by atoms with E-state index in [1.807, 2.05) is 0 Å². The molecule has 0 heterocycles. The van der Waals surface area contributed by atoms with Crippen molar-refractivity contribution in [3.8, 4) is 0 Å². The molecule has 0 radical (unpaired) electrons. The minimum atomic E-state index is -0.233. The summed E-state index contributed by atoms with van der Waals surface area (Å²) in [5.41, 5.74) is 6.86. The normalized spacial score (nSPS) is 11.1. The Bertz CT molecular complexity index is 1350. The SMILES string of the molecule is CC(CN(c1ccccc1)c1ccccc1)(CN(c1ccccc1)c1ccccc1)CN(c1ccccc1)c1ccccc1. The molecule has 0 unspecified atom stereocenters. The first kappa shape index (κ1) is 28.8. The lowest BCUT2D eigenvalue weighted by Crippen LogP contribution is -2.48. The Morgan fingerprint density at radius 1 is 0.295 bits per heavy atom. The first-order chi connectivity index (χ1) is 21.7. The van der Waals surface area contributed by atoms with Gasteiger partial charge in [-0.2, -0.15) is 0 Å². The van der Waals surface area contributed by atoms with Gasteiger partial charge in [-0.25, -0.2) is 0 Å². The zero-order valence-corrected chi connectivity index (χ0v) is 25.3. The Morgan fingerprint density at radius 3 is 0.614 bits per heavy atom. The third-order valence-corrected chi connectivity index (χ3v) is 8.03. The van der Waals surface area contributed by atoms with E-state index in [0.29, 0.717) is 0 Å². The summed E-state index contributed by atoms with van der Waals surface area (Å²) in [7, 11) is 0. The molecule has 0 saturated carbocycles. The van der Waals surface area contributed by atoms with E-state index in [9.17, 15) is 0 Å². The molecule has 218 valence electrons. The fourth-order valence-corrected chi connectivity index (χ4v) is 5.94. The van der Waals surface area contributed by atoms with Crippen molar-refractivity contribution in [3.63, 3.8) is 0 Å². The summed E-state index contributed by atoms with van der Waals surface area (Å²) in [6.07, 6.45) is 0. The van der Waals surface area contributed by atoms with Crippen molar-refractivity contribution in [2.75, 3.05) is 34.3 Å². The monoisotopic (exact) mass is 573 g/mol. The predicted molar refractivity (Wildman–Crippen MR) is 188 cm³/mol. The van der Waals surface area contributed by atoms with Crippen molar-refractivity contribution in [3.05, 3.63) is 182 Å². The molecule has 0 spiro atoms. The van der Waals surface area contributed by atoms with Gasteiger partial charge in [0.2, 0.25) is 0 Å². The Labute approximate surface area is 262 Å². The van der Waals surface area contributed by atoms with Crippen LogP contribution >= 0.6 is 0 Å². The van der Waals surface area contributed by atoms with E-state index in [1.165, 1.54) is 34.1 Å². The van der Waals surface area contributed by atoms with E-state index in [0.717, 1.165) is 19.6 Å². The minimum absolute atomic E-state index is 0.233. The van der Waals surface area contributed by atoms with Crippen molar-refractivity contribution in [2.24, 2.45) is 5.41 Å². The molecule has 0 bridgehead atoms. The van der Waals surface area contributed by atoms with E-state index in [2.05, 4.69) is 204 Å². The highest BCUT2D eigenvalue weighted by Gasteiger charge is 2.34. The van der Waals surface area contributed by atoms with Crippen LogP contribution in [0.5, 0.6) is 0 Å². The number of hydrogen-bond donors (Lipinski definition) is 0. The maximum atomic E-state index is 2.47. The van der Waals surface area contributed by atoms with Gasteiger partial charge in [-0.3, -0.25) is 0 Å². The zero-order valence-electron chi connectivity index (χ0n) is 25.3. The molecule has 6 aromatic rings. The molecule has 0 saturated heterocycles. The fraction of sp³-hybridized carbons (Fsp3) is 0.122. The maximum Gasteiger partial charge on any atom is 0.0410 e. The molecule has 0 aliphatic carbocycles. The first-order valence-electron chi connectivity index (χ1n) is 15.3. The van der Waals surface area contributed by atoms with Gasteiger partial charge in [-0.15, -0.1) is 0 Å². The van der Waals surface area contributed by atoms with E-state index >= 15 is 0 Å². The van der Waals surface area contributed by atoms with Crippen LogP contribution in [0.2, 0.25) is 0 Å². The Balaban J connectivity index is 1.48. The molecule has 6 aromatic carbocycles. The van der Waals surface area contributed by atoms with Gasteiger partial charge in [0, 0.05) is 59.2 Å². The van der Waals surface area contributed by atoms with Gasteiger partial charge in [0.15, 0.2) is 0 Å². The average molecular weight is 574 g/mol. The predicted octanol–water partition coefficient (Wildman–Crippen LogP) is 10.5. The summed E-state index contributed by atoms with van der Waals surface area (Å²) < 4.78 is 0. The number of rotatable bonds is 12. The highest BCUT2D eigenvalue weighted by molar-refractivity contribution is 5.67. The molecular weight excluding hydrogens is 534 g/mol. The third kappa shape index (κ3) is 7.02. The Kier molecular flexibility index (Phi) is 9.04. The fourth-order valence-electron chi connectivity index (χ4n) is 5.94. The van der Waals surface area contributed by atoms with Crippen LogP contribution in [-0.4, -0.2) is 19.6 Å². The second-order valence-electron chi connectivity index (χ2n) is 11.6. The minimum Gasteiger partial charge on any atom is -0.341 e. The van der Waals surface area contributed by atoms with E-state index in [4.69, 9.17) is 0 Å². The maximum absolute atomic E-state index is 2.47. The number of nitrogens with zero attached hydrogens (tertiary/aromatic N) is 3. The summed E-state index contributed by atoms with van der Waals surface area (Å²) in [6, 6.07) is 64.6. The van der Waals surface area contributed by atoms with Gasteiger partial charge in [-0.1, -0.05) is 116 Å². The van der Waals surface area contributed by atoms with Crippen molar-refractivity contribution in [1.82, 2.24) is 0 Å². The van der Waals surface area contributed by atoms with Crippen LogP contribution in [-0.2, 0) is 0 Å². The van der Waals surface area contributed by atoms with Crippen molar-refractivity contribution in [1.29, 1.82) is 0 Å². The van der Waals surface area contributed by atoms with E-state index in [-0.39, 0.29) is 5.41 Å². The molecular formula is C41H39N3. The first-order valence-corrected chi connectivity index (χ1v) is 15.3. The summed E-state index contributed by atoms with van der Waals surface area (Å²) in [4.78, 5) is 7.42. The molecule has 3 nitrogen and oxygen atoms in total. The van der Waals surface area contributed by atoms with Crippen molar-refractivity contribution in [2.45, 2.75) is 6.92 Å². The molecule has 0 aliphatic rings. The van der Waals surface area contributed by atoms with Crippen LogP contribution in [0.4, 0.5) is 34.1 Å². The molecule has 3 heteroatoms. The quantitative estimate of drug-likeness (QED) is 0.144. The molecule has 0 N–H and O–H groups in total. The number of anilines is 6. The molecule has 6 rings (SSSR count). The zero-order chi connectivity index (χ0) is 30.0. The van der Waals surface area contributed by atoms with Gasteiger partial charge >= 0.3 is 0 Å². The molecule has 44 heavy (non-hydrogen) atoms. The Hall–Kier alpha value is -5.28. The second kappa shape index (κ2) is 13.8. The summed E-state index contributed by atoms with van der Waals surface area (Å²) in [5.74, 6) is 0. The lowest BCUT2D eigenvalue weighted by atomic mass is 9.86. The second-order valence-corrected chi connectivity index (χ2v) is 11.6. The van der Waals surface area contributed by atoms with Crippen LogP contribution in [0.15, 0.2) is 182 Å². The topological polar surface area (TPSA) is 9.72 Å². The Morgan fingerprint density at radius 2 is 0.455 bits per heavy atom. The van der Waals surface area contributed by atoms with E-state index in [1.54, 1.807) is 0 Å². The third-order valence-electron chi connectivity index (χ3n) is 8.03. The van der Waals surface area contributed by atoms with Gasteiger partial charge in [0.05, 0.1) is 0 Å². The number of hydrogen-bond acceptors (Lipinski definition) is 3. The molecule has 0 amide bonds. The van der Waals surface area contributed by atoms with E-state index < -0.39 is 0 Å². The largest absolute Gasteiger partial charge is 0.341 e. The smallest absolute Gasteiger partial charge is 0.0410 e. The van der Waals surface area contributed by atoms with Gasteiger partial charge in [0.25, 0.3) is 0 Å². The van der Waals surface area contributed by atoms with Gasteiger partial charge < -0.3 is 14.7 Å². The molecule has 0 atom stereocenters. The van der Waals surface area contributed by atoms with Crippen LogP contribution < -0.4 is 14.7 Å². The van der Waals surface area contributed by atoms with Crippen LogP contribution in [0.25, 0.3) is 0 Å². The molecule has 0 aromatic heterocycles. The number of benzene rings is 6. The highest BCUT2D eigenvalue weighted by Crippen LogP contribution is 2.38. The standard InChI is InChI=1S/C41H39N3/c1-41(32-42(35-20-8-2-9-21-35)36-22-10-3-11-23-36,33-43(37-24-12-4-13-25-37)38-26-14-5-15-27-38)34-44(39-28-16-6-17-29-39)40-30-18-7-19-31-40/h2-31H,32-34H2,1H3.